The number of aliphatic hydroxyl groups is 1. The number of aliphatic hydroxyl groups excluding tert-OH is 1. The molecule has 106 valence electrons. The van der Waals surface area contributed by atoms with Crippen molar-refractivity contribution in [2.45, 2.75) is 19.6 Å². The van der Waals surface area contributed by atoms with Crippen LogP contribution in [0.15, 0.2) is 42.7 Å². The predicted molar refractivity (Wildman–Crippen MR) is 79.3 cm³/mol. The molecule has 20 heavy (non-hydrogen) atoms. The van der Waals surface area contributed by atoms with Crippen LogP contribution in [0, 0.1) is 0 Å². The Balaban J connectivity index is 1.78. The van der Waals surface area contributed by atoms with Crippen LogP contribution in [0.1, 0.15) is 24.2 Å². The van der Waals surface area contributed by atoms with E-state index in [4.69, 9.17) is 0 Å². The second-order valence-corrected chi connectivity index (χ2v) is 4.50. The van der Waals surface area contributed by atoms with E-state index in [9.17, 15) is 5.11 Å². The molecule has 0 aliphatic heterocycles. The summed E-state index contributed by atoms with van der Waals surface area (Å²) < 4.78 is 0. The largest absolute Gasteiger partial charge is 0.387 e. The number of benzene rings is 1. The first-order valence-electron chi connectivity index (χ1n) is 6.78. The number of rotatable bonds is 7. The maximum absolute atomic E-state index is 10.0. The van der Waals surface area contributed by atoms with E-state index in [2.05, 4.69) is 20.6 Å². The van der Waals surface area contributed by atoms with Gasteiger partial charge in [-0.25, -0.2) is 9.97 Å². The Labute approximate surface area is 119 Å². The van der Waals surface area contributed by atoms with Crippen molar-refractivity contribution < 1.29 is 5.11 Å². The first-order valence-corrected chi connectivity index (χ1v) is 6.78. The third kappa shape index (κ3) is 4.29. The highest BCUT2D eigenvalue weighted by molar-refractivity contribution is 5.24. The van der Waals surface area contributed by atoms with Crippen molar-refractivity contribution in [3.63, 3.8) is 0 Å². The van der Waals surface area contributed by atoms with Crippen molar-refractivity contribution in [3.8, 4) is 0 Å². The summed E-state index contributed by atoms with van der Waals surface area (Å²) in [6.45, 7) is 3.94. The normalized spacial score (nSPS) is 12.1. The number of aromatic nitrogens is 2. The van der Waals surface area contributed by atoms with Crippen LogP contribution in [-0.2, 0) is 6.54 Å². The van der Waals surface area contributed by atoms with Crippen molar-refractivity contribution >= 4 is 5.95 Å². The minimum atomic E-state index is -0.502. The fraction of sp³-hybridized carbons (Fsp3) is 0.333. The zero-order chi connectivity index (χ0) is 14.2. The molecule has 0 spiro atoms. The lowest BCUT2D eigenvalue weighted by Crippen LogP contribution is -2.21. The van der Waals surface area contributed by atoms with Gasteiger partial charge in [-0.3, -0.25) is 0 Å². The van der Waals surface area contributed by atoms with Crippen LogP contribution in [0.4, 0.5) is 5.95 Å². The van der Waals surface area contributed by atoms with Crippen molar-refractivity contribution in [2.24, 2.45) is 0 Å². The van der Waals surface area contributed by atoms with E-state index in [0.717, 1.165) is 17.7 Å². The smallest absolute Gasteiger partial charge is 0.222 e. The first kappa shape index (κ1) is 14.4. The van der Waals surface area contributed by atoms with Gasteiger partial charge in [0.05, 0.1) is 6.10 Å². The third-order valence-electron chi connectivity index (χ3n) is 2.89. The van der Waals surface area contributed by atoms with Crippen LogP contribution in [0.5, 0.6) is 0 Å². The van der Waals surface area contributed by atoms with Crippen molar-refractivity contribution in [1.82, 2.24) is 15.3 Å². The van der Waals surface area contributed by atoms with Gasteiger partial charge in [0.15, 0.2) is 0 Å². The number of nitrogens with zero attached hydrogens (tertiary/aromatic N) is 2. The molecule has 1 heterocycles. The molecule has 2 rings (SSSR count). The highest BCUT2D eigenvalue weighted by atomic mass is 16.3. The van der Waals surface area contributed by atoms with Gasteiger partial charge in [0.2, 0.25) is 5.95 Å². The molecular formula is C15H20N4O. The SMILES string of the molecule is CCNc1ncc(CNC[C@@H](O)c2ccccc2)cn1. The Morgan fingerprint density at radius 3 is 2.50 bits per heavy atom. The highest BCUT2D eigenvalue weighted by Gasteiger charge is 2.06. The number of anilines is 1. The number of hydrogen-bond donors (Lipinski definition) is 3. The zero-order valence-electron chi connectivity index (χ0n) is 11.6. The standard InChI is InChI=1S/C15H20N4O/c1-2-17-15-18-9-12(10-19-15)8-16-11-14(20)13-6-4-3-5-7-13/h3-7,9-10,14,16,20H,2,8,11H2,1H3,(H,17,18,19)/t14-/m1/s1. The molecule has 1 atom stereocenters. The summed E-state index contributed by atoms with van der Waals surface area (Å²) in [5.41, 5.74) is 1.91. The maximum Gasteiger partial charge on any atom is 0.222 e. The van der Waals surface area contributed by atoms with Gasteiger partial charge in [-0.05, 0) is 12.5 Å². The Morgan fingerprint density at radius 1 is 1.15 bits per heavy atom. The topological polar surface area (TPSA) is 70.1 Å². The van der Waals surface area contributed by atoms with Gasteiger partial charge in [-0.2, -0.15) is 0 Å². The molecule has 0 saturated heterocycles. The van der Waals surface area contributed by atoms with Gasteiger partial charge in [-0.1, -0.05) is 30.3 Å². The Bertz CT molecular complexity index is 501. The molecule has 0 fully saturated rings. The molecule has 1 aromatic carbocycles. The van der Waals surface area contributed by atoms with Gasteiger partial charge in [0, 0.05) is 37.6 Å². The maximum atomic E-state index is 10.0. The van der Waals surface area contributed by atoms with Crippen LogP contribution in [0.25, 0.3) is 0 Å². The van der Waals surface area contributed by atoms with Crippen LogP contribution in [0.3, 0.4) is 0 Å². The van der Waals surface area contributed by atoms with Crippen molar-refractivity contribution in [3.05, 3.63) is 53.9 Å². The third-order valence-corrected chi connectivity index (χ3v) is 2.89. The van der Waals surface area contributed by atoms with Gasteiger partial charge in [-0.15, -0.1) is 0 Å². The van der Waals surface area contributed by atoms with E-state index in [1.807, 2.05) is 37.3 Å². The molecule has 0 radical (unpaired) electrons. The average Bonchev–Trinajstić information content (AvgIpc) is 2.50. The van der Waals surface area contributed by atoms with Crippen LogP contribution in [-0.4, -0.2) is 28.2 Å². The fourth-order valence-electron chi connectivity index (χ4n) is 1.84. The monoisotopic (exact) mass is 272 g/mol. The average molecular weight is 272 g/mol. The van der Waals surface area contributed by atoms with Crippen LogP contribution in [0.2, 0.25) is 0 Å². The minimum absolute atomic E-state index is 0.499. The van der Waals surface area contributed by atoms with E-state index in [1.165, 1.54) is 0 Å². The van der Waals surface area contributed by atoms with E-state index in [-0.39, 0.29) is 0 Å². The summed E-state index contributed by atoms with van der Waals surface area (Å²) >= 11 is 0. The predicted octanol–water partition coefficient (Wildman–Crippen LogP) is 1.73. The second-order valence-electron chi connectivity index (χ2n) is 4.50. The van der Waals surface area contributed by atoms with E-state index in [0.29, 0.717) is 19.0 Å². The summed E-state index contributed by atoms with van der Waals surface area (Å²) in [6, 6.07) is 9.62. The molecule has 0 saturated carbocycles. The Kier molecular flexibility index (Phi) is 5.46. The number of hydrogen-bond acceptors (Lipinski definition) is 5. The van der Waals surface area contributed by atoms with Gasteiger partial charge >= 0.3 is 0 Å². The van der Waals surface area contributed by atoms with Crippen molar-refractivity contribution in [2.75, 3.05) is 18.4 Å². The summed E-state index contributed by atoms with van der Waals surface area (Å²) in [6.07, 6.45) is 3.07. The lowest BCUT2D eigenvalue weighted by Gasteiger charge is -2.12. The molecule has 0 bridgehead atoms. The molecular weight excluding hydrogens is 252 g/mol. The van der Waals surface area contributed by atoms with E-state index >= 15 is 0 Å². The number of nitrogens with one attached hydrogen (secondary N) is 2. The summed E-state index contributed by atoms with van der Waals surface area (Å²) in [5, 5.41) is 16.3. The van der Waals surface area contributed by atoms with Crippen molar-refractivity contribution in [1.29, 1.82) is 0 Å². The van der Waals surface area contributed by atoms with E-state index < -0.39 is 6.10 Å². The van der Waals surface area contributed by atoms with Gasteiger partial charge < -0.3 is 15.7 Å². The summed E-state index contributed by atoms with van der Waals surface area (Å²) in [5.74, 6) is 0.639. The Morgan fingerprint density at radius 2 is 1.85 bits per heavy atom. The van der Waals surface area contributed by atoms with Gasteiger partial charge in [0.1, 0.15) is 0 Å². The summed E-state index contributed by atoms with van der Waals surface area (Å²) in [4.78, 5) is 8.40. The van der Waals surface area contributed by atoms with Crippen LogP contribution >= 0.6 is 0 Å². The highest BCUT2D eigenvalue weighted by Crippen LogP contribution is 2.10. The summed E-state index contributed by atoms with van der Waals surface area (Å²) in [7, 11) is 0. The lowest BCUT2D eigenvalue weighted by molar-refractivity contribution is 0.174. The molecule has 0 amide bonds. The molecule has 3 N–H and O–H groups in total. The first-order chi connectivity index (χ1) is 9.79. The zero-order valence-corrected chi connectivity index (χ0v) is 11.6. The minimum Gasteiger partial charge on any atom is -0.387 e. The molecule has 0 unspecified atom stereocenters. The molecule has 0 aliphatic rings. The second kappa shape index (κ2) is 7.57. The molecule has 5 nitrogen and oxygen atoms in total. The quantitative estimate of drug-likeness (QED) is 0.716. The van der Waals surface area contributed by atoms with Crippen LogP contribution < -0.4 is 10.6 Å². The fourth-order valence-corrected chi connectivity index (χ4v) is 1.84. The lowest BCUT2D eigenvalue weighted by atomic mass is 10.1. The molecule has 5 heteroatoms. The van der Waals surface area contributed by atoms with Gasteiger partial charge in [0.25, 0.3) is 0 Å². The molecule has 1 aromatic heterocycles. The molecule has 0 aliphatic carbocycles. The molecule has 2 aromatic rings. The Hall–Kier alpha value is -1.98. The van der Waals surface area contributed by atoms with E-state index in [1.54, 1.807) is 12.4 Å².